The first-order valence-corrected chi connectivity index (χ1v) is 9.29. The van der Waals surface area contributed by atoms with Gasteiger partial charge >= 0.3 is 0 Å². The van der Waals surface area contributed by atoms with E-state index >= 15 is 0 Å². The smallest absolute Gasteiger partial charge is 0.0541 e. The first-order chi connectivity index (χ1) is 13.2. The number of rotatable bonds is 4. The molecule has 4 rings (SSSR count). The van der Waals surface area contributed by atoms with Crippen molar-refractivity contribution in [2.75, 3.05) is 0 Å². The van der Waals surface area contributed by atoms with E-state index < -0.39 is 0 Å². The average Bonchev–Trinajstić information content (AvgIpc) is 3.03. The lowest BCUT2D eigenvalue weighted by Crippen LogP contribution is -1.96. The zero-order valence-corrected chi connectivity index (χ0v) is 15.8. The molecule has 4 aromatic rings. The summed E-state index contributed by atoms with van der Waals surface area (Å²) >= 11 is 0. The van der Waals surface area contributed by atoms with Crippen LogP contribution in [0.1, 0.15) is 23.7 Å². The molecular formula is C26H23N. The van der Waals surface area contributed by atoms with E-state index in [1.165, 1.54) is 33.2 Å². The largest absolute Gasteiger partial charge is 0.309 e. The van der Waals surface area contributed by atoms with Gasteiger partial charge in [-0.1, -0.05) is 78.9 Å². The van der Waals surface area contributed by atoms with Crippen LogP contribution in [-0.4, -0.2) is 4.57 Å². The third kappa shape index (κ3) is 3.02. The van der Waals surface area contributed by atoms with Crippen molar-refractivity contribution in [3.63, 3.8) is 0 Å². The number of aromatic nitrogens is 1. The van der Waals surface area contributed by atoms with E-state index in [0.29, 0.717) is 0 Å². The van der Waals surface area contributed by atoms with Crippen molar-refractivity contribution in [2.45, 2.75) is 13.8 Å². The van der Waals surface area contributed by atoms with E-state index in [2.05, 4.69) is 110 Å². The van der Waals surface area contributed by atoms with Crippen molar-refractivity contribution >= 4 is 23.1 Å². The topological polar surface area (TPSA) is 4.93 Å². The Hall–Kier alpha value is -3.32. The third-order valence-corrected chi connectivity index (χ3v) is 4.99. The highest BCUT2D eigenvalue weighted by atomic mass is 15.0. The molecule has 1 nitrogen and oxygen atoms in total. The van der Waals surface area contributed by atoms with Crippen LogP contribution in [0.25, 0.3) is 39.9 Å². The van der Waals surface area contributed by atoms with E-state index in [4.69, 9.17) is 0 Å². The summed E-state index contributed by atoms with van der Waals surface area (Å²) in [5.74, 6) is 0. The van der Waals surface area contributed by atoms with Crippen LogP contribution in [0.4, 0.5) is 0 Å². The Morgan fingerprint density at radius 3 is 2.07 bits per heavy atom. The minimum Gasteiger partial charge on any atom is -0.309 e. The predicted molar refractivity (Wildman–Crippen MR) is 118 cm³/mol. The number of fused-ring (bicyclic) bond motifs is 1. The lowest BCUT2D eigenvalue weighted by atomic mass is 10.0. The van der Waals surface area contributed by atoms with Crippen LogP contribution < -0.4 is 0 Å². The summed E-state index contributed by atoms with van der Waals surface area (Å²) in [6.45, 7) is 8.24. The molecule has 3 aromatic carbocycles. The molecule has 1 heteroatoms. The number of allylic oxidation sites excluding steroid dienone is 1. The number of hydrogen-bond acceptors (Lipinski definition) is 0. The molecule has 0 unspecified atom stereocenters. The van der Waals surface area contributed by atoms with Gasteiger partial charge in [-0.05, 0) is 49.2 Å². The highest BCUT2D eigenvalue weighted by Crippen LogP contribution is 2.32. The maximum Gasteiger partial charge on any atom is 0.0541 e. The molecule has 0 bridgehead atoms. The van der Waals surface area contributed by atoms with E-state index in [-0.39, 0.29) is 0 Å². The Morgan fingerprint density at radius 1 is 0.815 bits per heavy atom. The van der Waals surface area contributed by atoms with Crippen LogP contribution in [0.3, 0.4) is 0 Å². The Balaban J connectivity index is 1.87. The summed E-state index contributed by atoms with van der Waals surface area (Å²) < 4.78 is 2.29. The molecule has 0 aliphatic carbocycles. The van der Waals surface area contributed by atoms with Crippen molar-refractivity contribution in [3.05, 3.63) is 102 Å². The van der Waals surface area contributed by atoms with Crippen molar-refractivity contribution in [2.24, 2.45) is 0 Å². The summed E-state index contributed by atoms with van der Waals surface area (Å²) in [5, 5.41) is 1.24. The SMILES string of the molecule is C=Cc1c(/C=C\C)c2ccccc2n1-c1ccc(-c2ccc(C)cc2)cc1. The predicted octanol–water partition coefficient (Wildman–Crippen LogP) is 7.28. The summed E-state index contributed by atoms with van der Waals surface area (Å²) in [7, 11) is 0. The highest BCUT2D eigenvalue weighted by Gasteiger charge is 2.14. The Labute approximate surface area is 160 Å². The van der Waals surface area contributed by atoms with E-state index in [0.717, 1.165) is 11.4 Å². The number of aryl methyl sites for hydroxylation is 1. The first kappa shape index (κ1) is 17.1. The van der Waals surface area contributed by atoms with Crippen LogP contribution in [0.2, 0.25) is 0 Å². The molecule has 132 valence electrons. The van der Waals surface area contributed by atoms with Gasteiger partial charge in [-0.15, -0.1) is 0 Å². The van der Waals surface area contributed by atoms with Gasteiger partial charge in [-0.2, -0.15) is 0 Å². The zero-order chi connectivity index (χ0) is 18.8. The summed E-state index contributed by atoms with van der Waals surface area (Å²) in [6.07, 6.45) is 6.19. The molecule has 0 amide bonds. The normalized spacial score (nSPS) is 11.3. The van der Waals surface area contributed by atoms with Crippen molar-refractivity contribution < 1.29 is 0 Å². The fourth-order valence-electron chi connectivity index (χ4n) is 3.65. The van der Waals surface area contributed by atoms with Gasteiger partial charge in [0.1, 0.15) is 0 Å². The summed E-state index contributed by atoms with van der Waals surface area (Å²) in [6, 6.07) is 25.9. The van der Waals surface area contributed by atoms with Gasteiger partial charge in [0.05, 0.1) is 11.2 Å². The Morgan fingerprint density at radius 2 is 1.44 bits per heavy atom. The molecule has 0 N–H and O–H groups in total. The van der Waals surface area contributed by atoms with Crippen molar-refractivity contribution in [1.82, 2.24) is 4.57 Å². The van der Waals surface area contributed by atoms with Crippen LogP contribution in [0.15, 0.2) is 85.5 Å². The van der Waals surface area contributed by atoms with Gasteiger partial charge in [-0.25, -0.2) is 0 Å². The number of hydrogen-bond donors (Lipinski definition) is 0. The fraction of sp³-hybridized carbons (Fsp3) is 0.0769. The standard InChI is InChI=1S/C26H23N/c1-4-8-23-24-9-6-7-10-26(24)27(25(23)5-2)22-17-15-21(16-18-22)20-13-11-19(3)12-14-20/h4-18H,2H2,1,3H3/b8-4-. The zero-order valence-electron chi connectivity index (χ0n) is 15.8. The van der Waals surface area contributed by atoms with Crippen molar-refractivity contribution in [1.29, 1.82) is 0 Å². The fourth-order valence-corrected chi connectivity index (χ4v) is 3.65. The molecule has 0 spiro atoms. The number of benzene rings is 3. The van der Waals surface area contributed by atoms with E-state index in [1.807, 2.05) is 6.08 Å². The maximum absolute atomic E-state index is 4.07. The number of nitrogens with zero attached hydrogens (tertiary/aromatic N) is 1. The molecule has 0 aliphatic heterocycles. The average molecular weight is 349 g/mol. The van der Waals surface area contributed by atoms with Gasteiger partial charge in [0.2, 0.25) is 0 Å². The molecule has 0 radical (unpaired) electrons. The minimum atomic E-state index is 1.12. The van der Waals surface area contributed by atoms with E-state index in [9.17, 15) is 0 Å². The molecule has 0 atom stereocenters. The number of para-hydroxylation sites is 1. The molecule has 0 aliphatic rings. The Bertz CT molecular complexity index is 1120. The maximum atomic E-state index is 4.07. The molecular weight excluding hydrogens is 326 g/mol. The first-order valence-electron chi connectivity index (χ1n) is 9.29. The quantitative estimate of drug-likeness (QED) is 0.365. The van der Waals surface area contributed by atoms with Crippen LogP contribution in [0.5, 0.6) is 0 Å². The molecule has 0 fully saturated rings. The van der Waals surface area contributed by atoms with Gasteiger partial charge in [0, 0.05) is 16.6 Å². The van der Waals surface area contributed by atoms with Crippen molar-refractivity contribution in [3.8, 4) is 16.8 Å². The molecule has 0 saturated heterocycles. The van der Waals surface area contributed by atoms with Gasteiger partial charge in [0.25, 0.3) is 0 Å². The van der Waals surface area contributed by atoms with Gasteiger partial charge in [-0.3, -0.25) is 0 Å². The molecule has 1 heterocycles. The second-order valence-electron chi connectivity index (χ2n) is 6.77. The molecule has 0 saturated carbocycles. The second kappa shape index (κ2) is 7.13. The lowest BCUT2D eigenvalue weighted by Gasteiger charge is -2.10. The summed E-state index contributed by atoms with van der Waals surface area (Å²) in [5.41, 5.74) is 8.42. The van der Waals surface area contributed by atoms with Crippen LogP contribution in [-0.2, 0) is 0 Å². The monoisotopic (exact) mass is 349 g/mol. The lowest BCUT2D eigenvalue weighted by molar-refractivity contribution is 1.11. The van der Waals surface area contributed by atoms with Crippen LogP contribution in [0, 0.1) is 6.92 Å². The third-order valence-electron chi connectivity index (χ3n) is 4.99. The summed E-state index contributed by atoms with van der Waals surface area (Å²) in [4.78, 5) is 0. The molecule has 1 aromatic heterocycles. The van der Waals surface area contributed by atoms with Gasteiger partial charge in [0.15, 0.2) is 0 Å². The van der Waals surface area contributed by atoms with Gasteiger partial charge < -0.3 is 4.57 Å². The highest BCUT2D eigenvalue weighted by molar-refractivity contribution is 5.95. The minimum absolute atomic E-state index is 1.12. The van der Waals surface area contributed by atoms with E-state index in [1.54, 1.807) is 0 Å². The molecule has 27 heavy (non-hydrogen) atoms. The Kier molecular flexibility index (Phi) is 4.52. The van der Waals surface area contributed by atoms with Crippen LogP contribution >= 0.6 is 0 Å². The second-order valence-corrected chi connectivity index (χ2v) is 6.77.